The Hall–Kier alpha value is -9.07. The van der Waals surface area contributed by atoms with E-state index in [2.05, 4.69) is 10.9 Å². The molecule has 2 aromatic heterocycles. The fourth-order valence-corrected chi connectivity index (χ4v) is 10.2. The average molecular weight is 995 g/mol. The van der Waals surface area contributed by atoms with Gasteiger partial charge in [-0.05, 0) is 161 Å². The molecule has 0 unspecified atom stereocenters. The minimum absolute atomic E-state index is 0.189. The third-order valence-corrected chi connectivity index (χ3v) is 13.5. The fourth-order valence-electron chi connectivity index (χ4n) is 10.2. The van der Waals surface area contributed by atoms with E-state index in [-0.39, 0.29) is 16.8 Å². The topological polar surface area (TPSA) is 38.0 Å². The van der Waals surface area contributed by atoms with Gasteiger partial charge in [-0.3, -0.25) is 0 Å². The van der Waals surface area contributed by atoms with Crippen LogP contribution in [-0.4, -0.2) is 9.13 Å². The Labute approximate surface area is 416 Å². The number of fused-ring (bicyclic) bond motifs is 6. The lowest BCUT2D eigenvalue weighted by molar-refractivity contribution is -0.138. The van der Waals surface area contributed by atoms with Crippen molar-refractivity contribution in [2.45, 2.75) is 32.4 Å². The largest absolute Gasteiger partial charge is 0.416 e. The van der Waals surface area contributed by atoms with Crippen molar-refractivity contribution < 1.29 is 39.5 Å². The summed E-state index contributed by atoms with van der Waals surface area (Å²) in [6.07, 6.45) is -13.9. The summed E-state index contributed by atoms with van der Waals surface area (Å²) in [6.45, 7) is 11.3. The summed E-state index contributed by atoms with van der Waals surface area (Å²) in [6, 6.07) is 49.3. The lowest BCUT2D eigenvalue weighted by Crippen LogP contribution is -2.05. The normalized spacial score (nSPS) is 12.2. The highest BCUT2D eigenvalue weighted by Crippen LogP contribution is 2.47. The van der Waals surface area contributed by atoms with Gasteiger partial charge in [0.25, 0.3) is 0 Å². The molecule has 0 aliphatic heterocycles. The first kappa shape index (κ1) is 47.3. The number of benzene rings is 9. The number of hydrogen-bond donors (Lipinski definition) is 0. The van der Waals surface area contributed by atoms with E-state index in [1.54, 1.807) is 68.4 Å². The summed E-state index contributed by atoms with van der Waals surface area (Å²) in [5, 5.41) is 13.4. The van der Waals surface area contributed by atoms with E-state index in [1.165, 1.54) is 6.07 Å². The first-order chi connectivity index (χ1) is 35.3. The quantitative estimate of drug-likeness (QED) is 0.121. The fraction of sp³-hybridized carbons (Fsp3) is 0.0820. The molecule has 9 aromatic carbocycles. The molecule has 0 saturated heterocycles. The molecule has 2 heterocycles. The van der Waals surface area contributed by atoms with Crippen LogP contribution in [0.3, 0.4) is 0 Å². The molecule has 74 heavy (non-hydrogen) atoms. The van der Waals surface area contributed by atoms with Gasteiger partial charge in [-0.15, -0.1) is 0 Å². The number of rotatable bonds is 6. The molecule has 0 aliphatic carbocycles. The highest BCUT2D eigenvalue weighted by molar-refractivity contribution is 6.12. The summed E-state index contributed by atoms with van der Waals surface area (Å²) >= 11 is 0. The number of para-hydroxylation sites is 2. The Kier molecular flexibility index (Phi) is 11.1. The molecule has 0 atom stereocenters. The van der Waals surface area contributed by atoms with E-state index < -0.39 is 35.2 Å². The van der Waals surface area contributed by atoms with Gasteiger partial charge in [-0.1, -0.05) is 78.9 Å². The molecule has 0 bridgehead atoms. The summed E-state index contributed by atoms with van der Waals surface area (Å²) in [7, 11) is 0. The maximum Gasteiger partial charge on any atom is 0.416 e. The molecule has 11 aromatic rings. The summed E-state index contributed by atoms with van der Waals surface area (Å²) in [4.78, 5) is 3.58. The molecule has 0 amide bonds. The lowest BCUT2D eigenvalue weighted by atomic mass is 9.90. The van der Waals surface area contributed by atoms with E-state index in [1.807, 2.05) is 88.0 Å². The van der Waals surface area contributed by atoms with Crippen LogP contribution in [0, 0.1) is 31.8 Å². The molecule has 11 rings (SSSR count). The van der Waals surface area contributed by atoms with E-state index in [0.29, 0.717) is 83.4 Å². The first-order valence-electron chi connectivity index (χ1n) is 23.0. The van der Waals surface area contributed by atoms with Crippen molar-refractivity contribution in [2.75, 3.05) is 0 Å². The number of aryl methyl sites for hydroxylation is 2. The zero-order chi connectivity index (χ0) is 52.0. The summed E-state index contributed by atoms with van der Waals surface area (Å²) in [5.74, 6) is 0. The highest BCUT2D eigenvalue weighted by Gasteiger charge is 2.34. The predicted molar refractivity (Wildman–Crippen MR) is 272 cm³/mol. The Morgan fingerprint density at radius 3 is 1.47 bits per heavy atom. The molecule has 0 N–H and O–H groups in total. The summed E-state index contributed by atoms with van der Waals surface area (Å²) in [5.41, 5.74) is 5.50. The smallest absolute Gasteiger partial charge is 0.309 e. The van der Waals surface area contributed by atoms with Gasteiger partial charge >= 0.3 is 18.5 Å². The Morgan fingerprint density at radius 1 is 0.419 bits per heavy atom. The van der Waals surface area contributed by atoms with Crippen LogP contribution in [0.1, 0.15) is 33.4 Å². The predicted octanol–water partition coefficient (Wildman–Crippen LogP) is 18.6. The number of nitrogens with zero attached hydrogens (tertiary/aromatic N) is 4. The molecule has 0 radical (unpaired) electrons. The van der Waals surface area contributed by atoms with Crippen molar-refractivity contribution in [2.24, 2.45) is 0 Å². The molecular weight excluding hydrogens is 960 g/mol. The van der Waals surface area contributed by atoms with Gasteiger partial charge in [0.2, 0.25) is 0 Å². The third-order valence-electron chi connectivity index (χ3n) is 13.5. The van der Waals surface area contributed by atoms with E-state index >= 15 is 0 Å². The SMILES string of the molecule is [C-]#[N+]c1cc(C(F)(F)F)ccc1-c1ccc(-n2c3ccccc3c3cc(-c4cc(C)cc(C(F)(F)F)c4)ccc32)cc1-c1cc(C#N)ccc1-n1c2ccccc2c2cc(-c3cc(C)cc(C(F)(F)F)c3)ccc21. The Bertz CT molecular complexity index is 4210. The molecule has 0 spiro atoms. The van der Waals surface area contributed by atoms with Gasteiger partial charge in [0.15, 0.2) is 5.69 Å². The molecular formula is C61H35F9N4. The molecule has 0 aliphatic rings. The minimum atomic E-state index is -4.74. The second-order valence-corrected chi connectivity index (χ2v) is 18.3. The van der Waals surface area contributed by atoms with Crippen molar-refractivity contribution in [1.29, 1.82) is 5.26 Å². The molecule has 13 heteroatoms. The number of halogens is 9. The van der Waals surface area contributed by atoms with Crippen LogP contribution in [-0.2, 0) is 18.5 Å². The van der Waals surface area contributed by atoms with Crippen molar-refractivity contribution in [3.8, 4) is 62.0 Å². The molecule has 362 valence electrons. The van der Waals surface area contributed by atoms with E-state index in [9.17, 15) is 44.8 Å². The molecule has 4 nitrogen and oxygen atoms in total. The Morgan fingerprint density at radius 2 is 0.932 bits per heavy atom. The second kappa shape index (κ2) is 17.3. The standard InChI is InChI=1S/C61H35F9N4/c1-34-22-39(27-42(24-34)60(65,66)67)37-13-20-56-51(29-37)47-8-4-6-10-54(47)73(56)44-16-18-45(46-17-15-41(59(62,63)64)31-53(46)72-3)49(32-44)50-26-36(33-71)12-19-57(50)74-55-11-7-5-9-48(55)52-30-38(14-21-58(52)74)40-23-35(2)25-43(28-40)61(68,69)70/h4-32H,1-2H3. The third kappa shape index (κ3) is 8.17. The van der Waals surface area contributed by atoms with Gasteiger partial charge < -0.3 is 9.13 Å². The highest BCUT2D eigenvalue weighted by atomic mass is 19.4. The van der Waals surface area contributed by atoms with Gasteiger partial charge in [0.1, 0.15) is 0 Å². The van der Waals surface area contributed by atoms with E-state index in [0.717, 1.165) is 58.1 Å². The van der Waals surface area contributed by atoms with E-state index in [4.69, 9.17) is 6.57 Å². The van der Waals surface area contributed by atoms with Gasteiger partial charge in [0.05, 0.1) is 57.1 Å². The molecule has 0 saturated carbocycles. The van der Waals surface area contributed by atoms with Crippen LogP contribution in [0.4, 0.5) is 45.2 Å². The van der Waals surface area contributed by atoms with Crippen molar-refractivity contribution in [3.63, 3.8) is 0 Å². The average Bonchev–Trinajstić information content (AvgIpc) is 3.89. The number of hydrogen-bond acceptors (Lipinski definition) is 1. The zero-order valence-corrected chi connectivity index (χ0v) is 38.9. The lowest BCUT2D eigenvalue weighted by Gasteiger charge is -2.20. The minimum Gasteiger partial charge on any atom is -0.309 e. The zero-order valence-electron chi connectivity index (χ0n) is 38.9. The van der Waals surface area contributed by atoms with Crippen LogP contribution >= 0.6 is 0 Å². The Balaban J connectivity index is 1.18. The maximum atomic E-state index is 14.2. The van der Waals surface area contributed by atoms with Crippen molar-refractivity contribution in [3.05, 3.63) is 221 Å². The second-order valence-electron chi connectivity index (χ2n) is 18.3. The van der Waals surface area contributed by atoms with Crippen LogP contribution in [0.15, 0.2) is 176 Å². The summed E-state index contributed by atoms with van der Waals surface area (Å²) < 4.78 is 131. The van der Waals surface area contributed by atoms with Crippen LogP contribution < -0.4 is 0 Å². The van der Waals surface area contributed by atoms with Crippen LogP contribution in [0.5, 0.6) is 0 Å². The van der Waals surface area contributed by atoms with Gasteiger partial charge in [0, 0.05) is 38.4 Å². The number of nitriles is 1. The van der Waals surface area contributed by atoms with Crippen LogP contribution in [0.2, 0.25) is 0 Å². The van der Waals surface area contributed by atoms with Gasteiger partial charge in [-0.2, -0.15) is 44.8 Å². The monoisotopic (exact) mass is 994 g/mol. The number of alkyl halides is 9. The van der Waals surface area contributed by atoms with Crippen molar-refractivity contribution in [1.82, 2.24) is 9.13 Å². The van der Waals surface area contributed by atoms with Crippen LogP contribution in [0.25, 0.3) is 104 Å². The molecule has 0 fully saturated rings. The van der Waals surface area contributed by atoms with Crippen molar-refractivity contribution >= 4 is 49.3 Å². The number of aromatic nitrogens is 2. The van der Waals surface area contributed by atoms with Gasteiger partial charge in [-0.25, -0.2) is 4.85 Å². The first-order valence-corrected chi connectivity index (χ1v) is 23.0. The maximum absolute atomic E-state index is 14.2.